The lowest BCUT2D eigenvalue weighted by molar-refractivity contribution is -0.136. The summed E-state index contributed by atoms with van der Waals surface area (Å²) in [5, 5.41) is 11.0. The van der Waals surface area contributed by atoms with Crippen molar-refractivity contribution in [2.24, 2.45) is 5.10 Å². The lowest BCUT2D eigenvalue weighted by Gasteiger charge is -2.05. The summed E-state index contributed by atoms with van der Waals surface area (Å²) in [5.74, 6) is -0.751. The molecule has 0 atom stereocenters. The molecule has 9 nitrogen and oxygen atoms in total. The van der Waals surface area contributed by atoms with Gasteiger partial charge in [0.15, 0.2) is 11.5 Å². The number of amides is 2. The van der Waals surface area contributed by atoms with Gasteiger partial charge >= 0.3 is 11.8 Å². The minimum Gasteiger partial charge on any atom is -0.454 e. The van der Waals surface area contributed by atoms with Gasteiger partial charge < -0.3 is 14.8 Å². The van der Waals surface area contributed by atoms with Crippen LogP contribution in [0.3, 0.4) is 0 Å². The lowest BCUT2D eigenvalue weighted by atomic mass is 10.3. The van der Waals surface area contributed by atoms with Gasteiger partial charge in [-0.1, -0.05) is 29.8 Å². The van der Waals surface area contributed by atoms with E-state index in [9.17, 15) is 9.59 Å². The lowest BCUT2D eigenvalue weighted by Crippen LogP contribution is -2.32. The van der Waals surface area contributed by atoms with Gasteiger partial charge in [0.2, 0.25) is 6.79 Å². The number of anilines is 1. The molecule has 4 rings (SSSR count). The Morgan fingerprint density at radius 1 is 1.13 bits per heavy atom. The third-order valence-corrected chi connectivity index (χ3v) is 4.61. The van der Waals surface area contributed by atoms with Crippen LogP contribution >= 0.6 is 11.6 Å². The Hall–Kier alpha value is -3.85. The van der Waals surface area contributed by atoms with Crippen molar-refractivity contribution in [1.29, 1.82) is 0 Å². The molecular formula is C20H16ClN5O4. The first-order valence-corrected chi connectivity index (χ1v) is 9.25. The van der Waals surface area contributed by atoms with Gasteiger partial charge in [-0.25, -0.2) is 10.1 Å². The predicted octanol–water partition coefficient (Wildman–Crippen LogP) is 2.65. The smallest absolute Gasteiger partial charge is 0.329 e. The number of hydrogen-bond acceptors (Lipinski definition) is 6. The Bertz CT molecular complexity index is 1140. The maximum Gasteiger partial charge on any atom is 0.329 e. The largest absolute Gasteiger partial charge is 0.454 e. The first kappa shape index (κ1) is 19.5. The van der Waals surface area contributed by atoms with Crippen molar-refractivity contribution in [3.8, 4) is 17.2 Å². The number of aromatic nitrogens is 2. The van der Waals surface area contributed by atoms with E-state index in [0.717, 1.165) is 5.69 Å². The Morgan fingerprint density at radius 3 is 2.70 bits per heavy atom. The molecule has 152 valence electrons. The fraction of sp³-hybridized carbons (Fsp3) is 0.100. The molecule has 2 aromatic carbocycles. The third-order valence-electron chi connectivity index (χ3n) is 4.25. The van der Waals surface area contributed by atoms with Crippen LogP contribution in [0.5, 0.6) is 11.5 Å². The average Bonchev–Trinajstić information content (AvgIpc) is 3.33. The van der Waals surface area contributed by atoms with Gasteiger partial charge in [0.25, 0.3) is 0 Å². The number of nitrogens with one attached hydrogen (secondary N) is 2. The van der Waals surface area contributed by atoms with E-state index in [-0.39, 0.29) is 6.79 Å². The minimum absolute atomic E-state index is 0.116. The number of nitrogens with zero attached hydrogens (tertiary/aromatic N) is 3. The number of aryl methyl sites for hydroxylation is 1. The quantitative estimate of drug-likeness (QED) is 0.379. The Kier molecular flexibility index (Phi) is 5.36. The molecule has 1 aromatic heterocycles. The molecule has 0 saturated carbocycles. The van der Waals surface area contributed by atoms with Crippen LogP contribution < -0.4 is 20.2 Å². The van der Waals surface area contributed by atoms with E-state index >= 15 is 0 Å². The molecule has 0 spiro atoms. The molecule has 0 bridgehead atoms. The topological polar surface area (TPSA) is 107 Å². The molecular weight excluding hydrogens is 410 g/mol. The van der Waals surface area contributed by atoms with Crippen LogP contribution in [0.2, 0.25) is 5.15 Å². The second-order valence-corrected chi connectivity index (χ2v) is 6.62. The SMILES string of the molecule is Cc1nn(-c2ccccc2)c(Cl)c1/C=N\NC(=O)C(=O)Nc1ccc2c(c1)OCO2. The maximum absolute atomic E-state index is 12.1. The van der Waals surface area contributed by atoms with Crippen molar-refractivity contribution >= 4 is 35.3 Å². The number of hydrazone groups is 1. The molecule has 0 unspecified atom stereocenters. The number of ether oxygens (including phenoxy) is 2. The van der Waals surface area contributed by atoms with E-state index in [4.69, 9.17) is 21.1 Å². The number of carbonyl (C=O) groups excluding carboxylic acids is 2. The highest BCUT2D eigenvalue weighted by Gasteiger charge is 2.18. The van der Waals surface area contributed by atoms with Crippen LogP contribution in [0.4, 0.5) is 5.69 Å². The number of rotatable bonds is 4. The van der Waals surface area contributed by atoms with Gasteiger partial charge in [0.1, 0.15) is 5.15 Å². The summed E-state index contributed by atoms with van der Waals surface area (Å²) in [6, 6.07) is 14.2. The monoisotopic (exact) mass is 425 g/mol. The summed E-state index contributed by atoms with van der Waals surface area (Å²) in [5.41, 5.74) is 4.50. The number of fused-ring (bicyclic) bond motifs is 1. The number of benzene rings is 2. The summed E-state index contributed by atoms with van der Waals surface area (Å²) in [6.45, 7) is 1.88. The Morgan fingerprint density at radius 2 is 1.90 bits per heavy atom. The predicted molar refractivity (Wildman–Crippen MR) is 110 cm³/mol. The van der Waals surface area contributed by atoms with E-state index in [0.29, 0.717) is 33.6 Å². The molecule has 2 amide bonds. The molecule has 0 fully saturated rings. The third kappa shape index (κ3) is 3.96. The molecule has 1 aliphatic rings. The zero-order valence-corrected chi connectivity index (χ0v) is 16.5. The highest BCUT2D eigenvalue weighted by Crippen LogP contribution is 2.34. The van der Waals surface area contributed by atoms with Gasteiger partial charge in [0, 0.05) is 11.8 Å². The summed E-state index contributed by atoms with van der Waals surface area (Å²) >= 11 is 6.39. The van der Waals surface area contributed by atoms with Crippen molar-refractivity contribution < 1.29 is 19.1 Å². The number of carbonyl (C=O) groups is 2. The summed E-state index contributed by atoms with van der Waals surface area (Å²) < 4.78 is 12.0. The van der Waals surface area contributed by atoms with Gasteiger partial charge in [0.05, 0.1) is 23.2 Å². The van der Waals surface area contributed by atoms with E-state index in [1.165, 1.54) is 6.21 Å². The fourth-order valence-electron chi connectivity index (χ4n) is 2.77. The van der Waals surface area contributed by atoms with Crippen molar-refractivity contribution in [1.82, 2.24) is 15.2 Å². The van der Waals surface area contributed by atoms with Crippen LogP contribution in [0.1, 0.15) is 11.3 Å². The summed E-state index contributed by atoms with van der Waals surface area (Å²) in [7, 11) is 0. The normalized spacial score (nSPS) is 12.2. The van der Waals surface area contributed by atoms with Crippen molar-refractivity contribution in [3.63, 3.8) is 0 Å². The Labute approximate surface area is 176 Å². The van der Waals surface area contributed by atoms with Gasteiger partial charge in [-0.3, -0.25) is 9.59 Å². The van der Waals surface area contributed by atoms with Crippen LogP contribution in [0.15, 0.2) is 53.6 Å². The maximum atomic E-state index is 12.1. The molecule has 0 radical (unpaired) electrons. The minimum atomic E-state index is -0.937. The summed E-state index contributed by atoms with van der Waals surface area (Å²) in [4.78, 5) is 24.1. The second kappa shape index (κ2) is 8.26. The molecule has 3 aromatic rings. The van der Waals surface area contributed by atoms with Gasteiger partial charge in [-0.05, 0) is 31.2 Å². The molecule has 0 aliphatic carbocycles. The van der Waals surface area contributed by atoms with Crippen molar-refractivity contribution in [2.45, 2.75) is 6.92 Å². The van der Waals surface area contributed by atoms with Crippen LogP contribution in [-0.4, -0.2) is 34.6 Å². The first-order chi connectivity index (χ1) is 14.5. The van der Waals surface area contributed by atoms with E-state index in [1.54, 1.807) is 29.8 Å². The standard InChI is InChI=1S/C20H16ClN5O4/c1-12-15(18(21)26(25-12)14-5-3-2-4-6-14)10-22-24-20(28)19(27)23-13-7-8-16-17(9-13)30-11-29-16/h2-10H,11H2,1H3,(H,23,27)(H,24,28)/b22-10-. The Balaban J connectivity index is 1.40. The number of hydrogen-bond donors (Lipinski definition) is 2. The van der Waals surface area contributed by atoms with Crippen LogP contribution in [0, 0.1) is 6.92 Å². The van der Waals surface area contributed by atoms with Crippen LogP contribution in [-0.2, 0) is 9.59 Å². The highest BCUT2D eigenvalue weighted by atomic mass is 35.5. The zero-order valence-electron chi connectivity index (χ0n) is 15.8. The van der Waals surface area contributed by atoms with E-state index in [2.05, 4.69) is 20.9 Å². The van der Waals surface area contributed by atoms with Crippen molar-refractivity contribution in [2.75, 3.05) is 12.1 Å². The molecule has 1 aliphatic heterocycles. The average molecular weight is 426 g/mol. The second-order valence-electron chi connectivity index (χ2n) is 6.26. The molecule has 30 heavy (non-hydrogen) atoms. The zero-order chi connectivity index (χ0) is 21.1. The van der Waals surface area contributed by atoms with Crippen molar-refractivity contribution in [3.05, 3.63) is 64.9 Å². The highest BCUT2D eigenvalue weighted by molar-refractivity contribution is 6.39. The van der Waals surface area contributed by atoms with Gasteiger partial charge in [-0.2, -0.15) is 10.2 Å². The first-order valence-electron chi connectivity index (χ1n) is 8.87. The molecule has 2 heterocycles. The van der Waals surface area contributed by atoms with E-state index < -0.39 is 11.8 Å². The molecule has 0 saturated heterocycles. The van der Waals surface area contributed by atoms with Crippen LogP contribution in [0.25, 0.3) is 5.69 Å². The molecule has 2 N–H and O–H groups in total. The number of para-hydroxylation sites is 1. The summed E-state index contributed by atoms with van der Waals surface area (Å²) in [6.07, 6.45) is 1.34. The fourth-order valence-corrected chi connectivity index (χ4v) is 3.09. The molecule has 10 heteroatoms. The van der Waals surface area contributed by atoms with E-state index in [1.807, 2.05) is 30.3 Å². The van der Waals surface area contributed by atoms with Gasteiger partial charge in [-0.15, -0.1) is 0 Å². The number of halogens is 1.